The Morgan fingerprint density at radius 3 is 2.77 bits per heavy atom. The van der Waals surface area contributed by atoms with Gasteiger partial charge in [0.25, 0.3) is 10.1 Å². The first kappa shape index (κ1) is 16.7. The number of amides is 1. The van der Waals surface area contributed by atoms with Gasteiger partial charge in [0.1, 0.15) is 12.7 Å². The number of nitrogens with one attached hydrogen (secondary N) is 2. The van der Waals surface area contributed by atoms with E-state index in [9.17, 15) is 13.2 Å². The molecule has 0 unspecified atom stereocenters. The smallest absolute Gasteiger partial charge is 0.407 e. The third-order valence-electron chi connectivity index (χ3n) is 3.24. The molecule has 2 atom stereocenters. The van der Waals surface area contributed by atoms with Gasteiger partial charge in [0, 0.05) is 6.54 Å². The number of alkyl carbamates (subject to hydrolysis) is 1. The molecule has 7 nitrogen and oxygen atoms in total. The number of ether oxygens (including phenoxy) is 1. The standard InChI is InChI=1S/C14H20N2O5S/c1-22(18,19)21-13-9-15-8-7-12(13)16-14(17)20-10-11-5-3-2-4-6-11/h2-6,12-13,15H,7-10H2,1H3,(H,16,17)/t12-,13-/m1/s1. The van der Waals surface area contributed by atoms with Crippen LogP contribution in [0.3, 0.4) is 0 Å². The molecule has 1 heterocycles. The van der Waals surface area contributed by atoms with E-state index in [1.807, 2.05) is 30.3 Å². The van der Waals surface area contributed by atoms with Gasteiger partial charge in [-0.15, -0.1) is 0 Å². The number of benzene rings is 1. The average Bonchev–Trinajstić information content (AvgIpc) is 2.47. The van der Waals surface area contributed by atoms with E-state index in [1.165, 1.54) is 0 Å². The van der Waals surface area contributed by atoms with Gasteiger partial charge in [-0.3, -0.25) is 4.18 Å². The van der Waals surface area contributed by atoms with E-state index in [0.29, 0.717) is 19.5 Å². The normalized spacial score (nSPS) is 22.0. The molecule has 1 aromatic rings. The van der Waals surface area contributed by atoms with Crippen LogP contribution in [-0.2, 0) is 25.6 Å². The fourth-order valence-electron chi connectivity index (χ4n) is 2.24. The molecule has 1 amide bonds. The van der Waals surface area contributed by atoms with E-state index < -0.39 is 28.4 Å². The van der Waals surface area contributed by atoms with Crippen molar-refractivity contribution in [3.63, 3.8) is 0 Å². The van der Waals surface area contributed by atoms with Crippen molar-refractivity contribution >= 4 is 16.2 Å². The summed E-state index contributed by atoms with van der Waals surface area (Å²) >= 11 is 0. The second kappa shape index (κ2) is 7.57. The van der Waals surface area contributed by atoms with Crippen LogP contribution in [0.25, 0.3) is 0 Å². The highest BCUT2D eigenvalue weighted by atomic mass is 32.2. The third-order valence-corrected chi connectivity index (χ3v) is 3.84. The van der Waals surface area contributed by atoms with Crippen LogP contribution >= 0.6 is 0 Å². The molecule has 0 radical (unpaired) electrons. The van der Waals surface area contributed by atoms with Gasteiger partial charge in [0.05, 0.1) is 12.3 Å². The molecule has 0 spiro atoms. The van der Waals surface area contributed by atoms with E-state index >= 15 is 0 Å². The molecule has 1 aliphatic heterocycles. The Kier molecular flexibility index (Phi) is 5.76. The van der Waals surface area contributed by atoms with Crippen molar-refractivity contribution in [2.24, 2.45) is 0 Å². The van der Waals surface area contributed by atoms with Gasteiger partial charge in [-0.2, -0.15) is 8.42 Å². The SMILES string of the molecule is CS(=O)(=O)O[C@@H]1CNCC[C@H]1NC(=O)OCc1ccccc1. The van der Waals surface area contributed by atoms with E-state index in [1.54, 1.807) is 0 Å². The van der Waals surface area contributed by atoms with Crippen LogP contribution < -0.4 is 10.6 Å². The van der Waals surface area contributed by atoms with E-state index in [0.717, 1.165) is 11.8 Å². The molecule has 0 saturated carbocycles. The molecule has 2 rings (SSSR count). The summed E-state index contributed by atoms with van der Waals surface area (Å²) in [6.45, 7) is 1.19. The first-order chi connectivity index (χ1) is 10.4. The Balaban J connectivity index is 1.85. The van der Waals surface area contributed by atoms with Crippen LogP contribution in [0.15, 0.2) is 30.3 Å². The Labute approximate surface area is 130 Å². The van der Waals surface area contributed by atoms with Crippen molar-refractivity contribution in [3.8, 4) is 0 Å². The molecule has 0 aromatic heterocycles. The predicted octanol–water partition coefficient (Wildman–Crippen LogP) is 0.620. The molecule has 0 bridgehead atoms. The maximum atomic E-state index is 11.8. The minimum absolute atomic E-state index is 0.162. The molecular formula is C14H20N2O5S. The molecule has 1 saturated heterocycles. The van der Waals surface area contributed by atoms with Crippen LogP contribution in [0.2, 0.25) is 0 Å². The van der Waals surface area contributed by atoms with Gasteiger partial charge in [0.2, 0.25) is 0 Å². The van der Waals surface area contributed by atoms with Gasteiger partial charge < -0.3 is 15.4 Å². The minimum Gasteiger partial charge on any atom is -0.445 e. The summed E-state index contributed by atoms with van der Waals surface area (Å²) in [5, 5.41) is 5.71. The lowest BCUT2D eigenvalue weighted by Crippen LogP contribution is -2.54. The molecule has 1 aliphatic rings. The van der Waals surface area contributed by atoms with Gasteiger partial charge in [-0.1, -0.05) is 30.3 Å². The van der Waals surface area contributed by atoms with Crippen molar-refractivity contribution in [2.75, 3.05) is 19.3 Å². The van der Waals surface area contributed by atoms with Crippen LogP contribution in [-0.4, -0.2) is 46.0 Å². The summed E-state index contributed by atoms with van der Waals surface area (Å²) in [6.07, 6.45) is 0.346. The molecule has 2 N–H and O–H groups in total. The first-order valence-electron chi connectivity index (χ1n) is 7.00. The predicted molar refractivity (Wildman–Crippen MR) is 80.8 cm³/mol. The van der Waals surface area contributed by atoms with Crippen molar-refractivity contribution in [3.05, 3.63) is 35.9 Å². The fraction of sp³-hybridized carbons (Fsp3) is 0.500. The highest BCUT2D eigenvalue weighted by Crippen LogP contribution is 2.11. The van der Waals surface area contributed by atoms with Crippen molar-refractivity contribution in [1.29, 1.82) is 0 Å². The highest BCUT2D eigenvalue weighted by molar-refractivity contribution is 7.86. The molecule has 122 valence electrons. The van der Waals surface area contributed by atoms with Gasteiger partial charge >= 0.3 is 6.09 Å². The van der Waals surface area contributed by atoms with Crippen LogP contribution in [0.4, 0.5) is 4.79 Å². The van der Waals surface area contributed by atoms with Crippen molar-refractivity contribution in [1.82, 2.24) is 10.6 Å². The maximum absolute atomic E-state index is 11.8. The van der Waals surface area contributed by atoms with Gasteiger partial charge in [-0.05, 0) is 18.5 Å². The van der Waals surface area contributed by atoms with Crippen molar-refractivity contribution < 1.29 is 22.1 Å². The summed E-state index contributed by atoms with van der Waals surface area (Å²) in [5.41, 5.74) is 0.881. The maximum Gasteiger partial charge on any atom is 0.407 e. The Hall–Kier alpha value is -1.64. The summed E-state index contributed by atoms with van der Waals surface area (Å²) in [6, 6.07) is 8.91. The second-order valence-corrected chi connectivity index (χ2v) is 6.74. The molecule has 22 heavy (non-hydrogen) atoms. The minimum atomic E-state index is -3.58. The molecule has 1 aromatic carbocycles. The summed E-state index contributed by atoms with van der Waals surface area (Å²) in [5.74, 6) is 0. The zero-order chi connectivity index (χ0) is 16.0. The van der Waals surface area contributed by atoms with Crippen molar-refractivity contribution in [2.45, 2.75) is 25.2 Å². The number of carbonyl (C=O) groups is 1. The number of hydrogen-bond donors (Lipinski definition) is 2. The lowest BCUT2D eigenvalue weighted by atomic mass is 10.0. The Morgan fingerprint density at radius 1 is 1.36 bits per heavy atom. The first-order valence-corrected chi connectivity index (χ1v) is 8.82. The number of carbonyl (C=O) groups excluding carboxylic acids is 1. The lowest BCUT2D eigenvalue weighted by molar-refractivity contribution is 0.103. The number of hydrogen-bond acceptors (Lipinski definition) is 6. The number of rotatable bonds is 5. The average molecular weight is 328 g/mol. The zero-order valence-corrected chi connectivity index (χ0v) is 13.1. The summed E-state index contributed by atoms with van der Waals surface area (Å²) in [7, 11) is -3.58. The molecular weight excluding hydrogens is 308 g/mol. The van der Waals surface area contributed by atoms with Gasteiger partial charge in [0.15, 0.2) is 0 Å². The zero-order valence-electron chi connectivity index (χ0n) is 12.3. The quantitative estimate of drug-likeness (QED) is 0.770. The number of piperidine rings is 1. The second-order valence-electron chi connectivity index (χ2n) is 5.14. The summed E-state index contributed by atoms with van der Waals surface area (Å²) < 4.78 is 32.6. The topological polar surface area (TPSA) is 93.7 Å². The summed E-state index contributed by atoms with van der Waals surface area (Å²) in [4.78, 5) is 11.8. The van der Waals surface area contributed by atoms with Crippen LogP contribution in [0.5, 0.6) is 0 Å². The fourth-order valence-corrected chi connectivity index (χ4v) is 2.89. The van der Waals surface area contributed by atoms with E-state index in [2.05, 4.69) is 10.6 Å². The lowest BCUT2D eigenvalue weighted by Gasteiger charge is -2.31. The molecule has 8 heteroatoms. The molecule has 1 fully saturated rings. The van der Waals surface area contributed by atoms with E-state index in [4.69, 9.17) is 8.92 Å². The molecule has 0 aliphatic carbocycles. The Bertz CT molecular complexity index is 591. The van der Waals surface area contributed by atoms with Gasteiger partial charge in [-0.25, -0.2) is 4.79 Å². The van der Waals surface area contributed by atoms with Crippen LogP contribution in [0.1, 0.15) is 12.0 Å². The Morgan fingerprint density at radius 2 is 2.09 bits per heavy atom. The third kappa shape index (κ3) is 5.63. The highest BCUT2D eigenvalue weighted by Gasteiger charge is 2.30. The van der Waals surface area contributed by atoms with Crippen LogP contribution in [0, 0.1) is 0 Å². The monoisotopic (exact) mass is 328 g/mol. The largest absolute Gasteiger partial charge is 0.445 e. The van der Waals surface area contributed by atoms with E-state index in [-0.39, 0.29) is 6.61 Å².